The van der Waals surface area contributed by atoms with Crippen molar-refractivity contribution >= 4 is 27.3 Å². The lowest BCUT2D eigenvalue weighted by molar-refractivity contribution is -0.125. The van der Waals surface area contributed by atoms with Crippen LogP contribution in [-0.2, 0) is 14.8 Å². The summed E-state index contributed by atoms with van der Waals surface area (Å²) in [5, 5.41) is 2.77. The Bertz CT molecular complexity index is 944. The zero-order valence-electron chi connectivity index (χ0n) is 13.9. The van der Waals surface area contributed by atoms with Crippen molar-refractivity contribution in [3.8, 4) is 11.5 Å². The van der Waals surface area contributed by atoms with Crippen LogP contribution in [0, 0.1) is 0 Å². The second-order valence-corrected chi connectivity index (χ2v) is 8.16. The van der Waals surface area contributed by atoms with Crippen molar-refractivity contribution in [3.05, 3.63) is 48.5 Å². The third-order valence-electron chi connectivity index (χ3n) is 4.30. The lowest BCUT2D eigenvalue weighted by Gasteiger charge is -2.25. The van der Waals surface area contributed by atoms with Crippen molar-refractivity contribution < 1.29 is 22.7 Å². The molecule has 0 saturated carbocycles. The summed E-state index contributed by atoms with van der Waals surface area (Å²) in [6.07, 6.45) is -0.171. The van der Waals surface area contributed by atoms with E-state index >= 15 is 0 Å². The molecule has 0 spiro atoms. The number of ether oxygens (including phenoxy) is 2. The Kier molecular flexibility index (Phi) is 4.20. The first kappa shape index (κ1) is 16.7. The largest absolute Gasteiger partial charge is 0.485 e. The summed E-state index contributed by atoms with van der Waals surface area (Å²) in [5.74, 6) is 0.936. The lowest BCUT2D eigenvalue weighted by atomic mass is 10.2. The summed E-state index contributed by atoms with van der Waals surface area (Å²) in [5.41, 5.74) is 1.06. The van der Waals surface area contributed by atoms with E-state index in [2.05, 4.69) is 5.32 Å². The molecule has 0 bridgehead atoms. The molecular weight excluding hydrogens is 356 g/mol. The van der Waals surface area contributed by atoms with Gasteiger partial charge in [0.15, 0.2) is 11.5 Å². The highest BCUT2D eigenvalue weighted by atomic mass is 32.2. The van der Waals surface area contributed by atoms with Gasteiger partial charge in [0.1, 0.15) is 6.61 Å². The van der Waals surface area contributed by atoms with Crippen LogP contribution in [0.3, 0.4) is 0 Å². The Morgan fingerprint density at radius 3 is 2.69 bits per heavy atom. The van der Waals surface area contributed by atoms with Crippen LogP contribution in [0.4, 0.5) is 11.4 Å². The summed E-state index contributed by atoms with van der Waals surface area (Å²) in [6, 6.07) is 14.0. The minimum Gasteiger partial charge on any atom is -0.485 e. The van der Waals surface area contributed by atoms with Gasteiger partial charge in [-0.25, -0.2) is 8.42 Å². The Morgan fingerprint density at radius 2 is 1.92 bits per heavy atom. The Hall–Kier alpha value is -2.74. The average molecular weight is 374 g/mol. The number of nitrogens with one attached hydrogen (secondary N) is 1. The van der Waals surface area contributed by atoms with Gasteiger partial charge >= 0.3 is 0 Å². The van der Waals surface area contributed by atoms with Crippen molar-refractivity contribution in [1.82, 2.24) is 0 Å². The Balaban J connectivity index is 1.48. The van der Waals surface area contributed by atoms with Crippen LogP contribution in [0.1, 0.15) is 6.42 Å². The fourth-order valence-electron chi connectivity index (χ4n) is 3.04. The number of hydrogen-bond donors (Lipinski definition) is 1. The van der Waals surface area contributed by atoms with Crippen LogP contribution in [0.25, 0.3) is 0 Å². The van der Waals surface area contributed by atoms with E-state index in [1.807, 2.05) is 12.1 Å². The number of benzene rings is 2. The van der Waals surface area contributed by atoms with E-state index in [1.165, 1.54) is 4.31 Å². The normalized spacial score (nSPS) is 20.6. The Labute approximate surface area is 151 Å². The van der Waals surface area contributed by atoms with Gasteiger partial charge in [-0.2, -0.15) is 0 Å². The number of para-hydroxylation sites is 2. The van der Waals surface area contributed by atoms with Crippen molar-refractivity contribution in [2.75, 3.05) is 28.5 Å². The number of rotatable bonds is 3. The molecule has 2 aromatic carbocycles. The molecule has 0 radical (unpaired) electrons. The van der Waals surface area contributed by atoms with E-state index in [4.69, 9.17) is 9.47 Å². The van der Waals surface area contributed by atoms with E-state index in [9.17, 15) is 13.2 Å². The molecule has 1 N–H and O–H groups in total. The van der Waals surface area contributed by atoms with Crippen LogP contribution in [0.15, 0.2) is 48.5 Å². The lowest BCUT2D eigenvalue weighted by Crippen LogP contribution is -2.40. The Morgan fingerprint density at radius 1 is 1.12 bits per heavy atom. The molecule has 2 aromatic rings. The molecule has 2 aliphatic heterocycles. The number of carbonyl (C=O) groups is 1. The van der Waals surface area contributed by atoms with Crippen molar-refractivity contribution in [2.45, 2.75) is 12.5 Å². The minimum absolute atomic E-state index is 0.114. The zero-order chi connectivity index (χ0) is 18.1. The molecule has 2 heterocycles. The molecule has 8 heteroatoms. The number of nitrogens with zero attached hydrogens (tertiary/aromatic N) is 1. The zero-order valence-corrected chi connectivity index (χ0v) is 14.7. The van der Waals surface area contributed by atoms with Gasteiger partial charge < -0.3 is 14.8 Å². The van der Waals surface area contributed by atoms with Gasteiger partial charge in [0.25, 0.3) is 5.91 Å². The second kappa shape index (κ2) is 6.53. The number of carbonyl (C=O) groups excluding carboxylic acids is 1. The smallest absolute Gasteiger partial charge is 0.269 e. The van der Waals surface area contributed by atoms with E-state index in [0.29, 0.717) is 35.8 Å². The first-order chi connectivity index (χ1) is 12.5. The maximum Gasteiger partial charge on any atom is 0.269 e. The molecule has 4 rings (SSSR count). The van der Waals surface area contributed by atoms with Gasteiger partial charge in [-0.05, 0) is 36.8 Å². The molecule has 1 unspecified atom stereocenters. The number of amides is 1. The SMILES string of the molecule is O=C(Nc1cccc(N2CCCS2(=O)=O)c1)C1COc2ccccc2O1. The summed E-state index contributed by atoms with van der Waals surface area (Å²) in [4.78, 5) is 12.5. The molecule has 1 amide bonds. The molecule has 1 atom stereocenters. The number of anilines is 2. The number of fused-ring (bicyclic) bond motifs is 1. The van der Waals surface area contributed by atoms with E-state index < -0.39 is 16.1 Å². The maximum atomic E-state index is 12.5. The van der Waals surface area contributed by atoms with Crippen molar-refractivity contribution in [3.63, 3.8) is 0 Å². The highest BCUT2D eigenvalue weighted by molar-refractivity contribution is 7.93. The molecular formula is C18H18N2O5S. The fraction of sp³-hybridized carbons (Fsp3) is 0.278. The average Bonchev–Trinajstić information content (AvgIpc) is 3.00. The van der Waals surface area contributed by atoms with Gasteiger partial charge in [0, 0.05) is 12.2 Å². The van der Waals surface area contributed by atoms with E-state index in [1.54, 1.807) is 36.4 Å². The fourth-order valence-corrected chi connectivity index (χ4v) is 4.60. The van der Waals surface area contributed by atoms with E-state index in [-0.39, 0.29) is 18.3 Å². The highest BCUT2D eigenvalue weighted by Crippen LogP contribution is 2.31. The van der Waals surface area contributed by atoms with Crippen LogP contribution >= 0.6 is 0 Å². The molecule has 1 saturated heterocycles. The summed E-state index contributed by atoms with van der Waals surface area (Å²) < 4.78 is 36.7. The standard InChI is InChI=1S/C18H18N2O5S/c21-18(17-12-24-15-7-1-2-8-16(15)25-17)19-13-5-3-6-14(11-13)20-9-4-10-26(20,22)23/h1-3,5-8,11,17H,4,9-10,12H2,(H,19,21). The number of hydrogen-bond acceptors (Lipinski definition) is 5. The molecule has 0 aromatic heterocycles. The maximum absolute atomic E-state index is 12.5. The second-order valence-electron chi connectivity index (χ2n) is 6.15. The van der Waals surface area contributed by atoms with Gasteiger partial charge in [0.05, 0.1) is 11.4 Å². The highest BCUT2D eigenvalue weighted by Gasteiger charge is 2.30. The van der Waals surface area contributed by atoms with Gasteiger partial charge in [-0.15, -0.1) is 0 Å². The molecule has 1 fully saturated rings. The predicted octanol–water partition coefficient (Wildman–Crippen LogP) is 2.00. The quantitative estimate of drug-likeness (QED) is 0.888. The van der Waals surface area contributed by atoms with Crippen LogP contribution in [0.5, 0.6) is 11.5 Å². The van der Waals surface area contributed by atoms with Crippen LogP contribution in [-0.4, -0.2) is 39.3 Å². The van der Waals surface area contributed by atoms with Gasteiger partial charge in [-0.3, -0.25) is 9.10 Å². The summed E-state index contributed by atoms with van der Waals surface area (Å²) >= 11 is 0. The van der Waals surface area contributed by atoms with Crippen molar-refractivity contribution in [2.24, 2.45) is 0 Å². The first-order valence-electron chi connectivity index (χ1n) is 8.33. The van der Waals surface area contributed by atoms with E-state index in [0.717, 1.165) is 0 Å². The summed E-state index contributed by atoms with van der Waals surface area (Å²) in [7, 11) is -3.26. The van der Waals surface area contributed by atoms with Crippen molar-refractivity contribution in [1.29, 1.82) is 0 Å². The third-order valence-corrected chi connectivity index (χ3v) is 6.17. The topological polar surface area (TPSA) is 84.9 Å². The molecule has 26 heavy (non-hydrogen) atoms. The number of sulfonamides is 1. The minimum atomic E-state index is -3.26. The molecule has 0 aliphatic carbocycles. The monoisotopic (exact) mass is 374 g/mol. The van der Waals surface area contributed by atoms with Crippen LogP contribution < -0.4 is 19.1 Å². The first-order valence-corrected chi connectivity index (χ1v) is 9.94. The van der Waals surface area contributed by atoms with Crippen LogP contribution in [0.2, 0.25) is 0 Å². The summed E-state index contributed by atoms with van der Waals surface area (Å²) in [6.45, 7) is 0.569. The van der Waals surface area contributed by atoms with Gasteiger partial charge in [0.2, 0.25) is 16.1 Å². The van der Waals surface area contributed by atoms with Gasteiger partial charge in [-0.1, -0.05) is 18.2 Å². The molecule has 7 nitrogen and oxygen atoms in total. The molecule has 2 aliphatic rings. The molecule has 136 valence electrons. The third kappa shape index (κ3) is 3.20. The predicted molar refractivity (Wildman–Crippen MR) is 97.2 cm³/mol.